The predicted octanol–water partition coefficient (Wildman–Crippen LogP) is 4.97. The quantitative estimate of drug-likeness (QED) is 0.685. The van der Waals surface area contributed by atoms with E-state index in [0.29, 0.717) is 12.1 Å². The molecular weight excluding hydrogens is 408 g/mol. The highest BCUT2D eigenvalue weighted by Crippen LogP contribution is 2.26. The second kappa shape index (κ2) is 7.77. The summed E-state index contributed by atoms with van der Waals surface area (Å²) in [4.78, 5) is 11.6. The highest BCUT2D eigenvalue weighted by atomic mass is 127. The van der Waals surface area contributed by atoms with Crippen LogP contribution < -0.4 is 10.1 Å². The Labute approximate surface area is 149 Å². The molecule has 2 aromatic rings. The molecule has 23 heavy (non-hydrogen) atoms. The highest BCUT2D eigenvalue weighted by Gasteiger charge is 2.12. The summed E-state index contributed by atoms with van der Waals surface area (Å²) in [6.45, 7) is 5.77. The Balaban J connectivity index is 2.23. The van der Waals surface area contributed by atoms with Crippen molar-refractivity contribution in [2.45, 2.75) is 33.8 Å². The van der Waals surface area contributed by atoms with Crippen molar-refractivity contribution < 1.29 is 13.9 Å². The number of nitrogens with one attached hydrogen (secondary N) is 1. The summed E-state index contributed by atoms with van der Waals surface area (Å²) in [5.74, 6) is -0.218. The van der Waals surface area contributed by atoms with E-state index in [4.69, 9.17) is 4.74 Å². The summed E-state index contributed by atoms with van der Waals surface area (Å²) in [5.41, 5.74) is 3.41. The normalized spacial score (nSPS) is 10.5. The molecule has 0 spiro atoms. The zero-order valence-corrected chi connectivity index (χ0v) is 15.5. The third-order valence-electron chi connectivity index (χ3n) is 3.63. The van der Waals surface area contributed by atoms with Crippen LogP contribution in [0.25, 0.3) is 0 Å². The van der Waals surface area contributed by atoms with Gasteiger partial charge in [0, 0.05) is 21.2 Å². The molecule has 0 heterocycles. The number of carbonyl (C=O) groups excluding carboxylic acids is 1. The zero-order chi connectivity index (χ0) is 17.0. The molecule has 1 amide bonds. The summed E-state index contributed by atoms with van der Waals surface area (Å²) in [6, 6.07) is 8.79. The van der Waals surface area contributed by atoms with Gasteiger partial charge in [-0.1, -0.05) is 13.0 Å². The molecule has 0 fully saturated rings. The Morgan fingerprint density at radius 2 is 1.96 bits per heavy atom. The second-order valence-electron chi connectivity index (χ2n) is 5.32. The fraction of sp³-hybridized carbons (Fsp3) is 0.278. The lowest BCUT2D eigenvalue weighted by atomic mass is 10.1. The number of halogens is 2. The van der Waals surface area contributed by atoms with E-state index in [1.165, 1.54) is 6.07 Å². The van der Waals surface area contributed by atoms with Crippen LogP contribution in [0, 0.1) is 23.2 Å². The number of aryl methyl sites for hydroxylation is 2. The number of ether oxygens (including phenoxy) is 1. The first-order chi connectivity index (χ1) is 10.9. The van der Waals surface area contributed by atoms with Crippen LogP contribution in [0.1, 0.15) is 30.0 Å². The molecule has 0 aromatic heterocycles. The van der Waals surface area contributed by atoms with Crippen molar-refractivity contribution in [3.63, 3.8) is 0 Å². The smallest absolute Gasteiger partial charge is 0.224 e. The lowest BCUT2D eigenvalue weighted by Crippen LogP contribution is -2.13. The van der Waals surface area contributed by atoms with Crippen LogP contribution >= 0.6 is 22.6 Å². The highest BCUT2D eigenvalue weighted by molar-refractivity contribution is 14.1. The molecule has 2 aromatic carbocycles. The monoisotopic (exact) mass is 427 g/mol. The molecule has 0 aliphatic carbocycles. The van der Waals surface area contributed by atoms with Crippen molar-refractivity contribution in [1.29, 1.82) is 0 Å². The minimum atomic E-state index is -0.377. The molecule has 122 valence electrons. The van der Waals surface area contributed by atoms with E-state index in [9.17, 15) is 9.18 Å². The van der Waals surface area contributed by atoms with Gasteiger partial charge in [-0.2, -0.15) is 0 Å². The van der Waals surface area contributed by atoms with E-state index in [-0.39, 0.29) is 24.1 Å². The van der Waals surface area contributed by atoms with Gasteiger partial charge >= 0.3 is 0 Å². The van der Waals surface area contributed by atoms with Gasteiger partial charge in [-0.15, -0.1) is 0 Å². The van der Waals surface area contributed by atoms with Gasteiger partial charge in [0.2, 0.25) is 5.91 Å². The van der Waals surface area contributed by atoms with E-state index in [0.717, 1.165) is 20.3 Å². The van der Waals surface area contributed by atoms with Crippen LogP contribution in [-0.2, 0) is 11.4 Å². The van der Waals surface area contributed by atoms with Crippen molar-refractivity contribution in [3.05, 3.63) is 56.4 Å². The number of hydrogen-bond acceptors (Lipinski definition) is 2. The minimum absolute atomic E-state index is 0.0642. The third kappa shape index (κ3) is 4.43. The van der Waals surface area contributed by atoms with Crippen molar-refractivity contribution in [1.82, 2.24) is 0 Å². The summed E-state index contributed by atoms with van der Waals surface area (Å²) in [7, 11) is 0. The van der Waals surface area contributed by atoms with E-state index in [1.54, 1.807) is 13.0 Å². The first-order valence-electron chi connectivity index (χ1n) is 7.39. The second-order valence-corrected chi connectivity index (χ2v) is 6.49. The van der Waals surface area contributed by atoms with Gasteiger partial charge in [0.15, 0.2) is 11.6 Å². The van der Waals surface area contributed by atoms with Gasteiger partial charge in [-0.25, -0.2) is 4.39 Å². The molecule has 5 heteroatoms. The Morgan fingerprint density at radius 3 is 2.65 bits per heavy atom. The molecular formula is C18H19FINO2. The van der Waals surface area contributed by atoms with Crippen molar-refractivity contribution >= 4 is 34.2 Å². The fourth-order valence-electron chi connectivity index (χ4n) is 2.08. The number of carbonyl (C=O) groups is 1. The summed E-state index contributed by atoms with van der Waals surface area (Å²) >= 11 is 2.18. The molecule has 1 N–H and O–H groups in total. The molecule has 0 radical (unpaired) electrons. The zero-order valence-electron chi connectivity index (χ0n) is 13.4. The fourth-order valence-corrected chi connectivity index (χ4v) is 2.73. The molecule has 0 atom stereocenters. The number of benzene rings is 2. The molecule has 0 aliphatic rings. The first kappa shape index (κ1) is 17.7. The third-order valence-corrected chi connectivity index (χ3v) is 4.64. The molecule has 2 rings (SSSR count). The minimum Gasteiger partial charge on any atom is -0.486 e. The number of amides is 1. The predicted molar refractivity (Wildman–Crippen MR) is 98.3 cm³/mol. The van der Waals surface area contributed by atoms with Gasteiger partial charge in [-0.05, 0) is 71.8 Å². The average molecular weight is 427 g/mol. The first-order valence-corrected chi connectivity index (χ1v) is 8.47. The van der Waals surface area contributed by atoms with E-state index in [2.05, 4.69) is 27.9 Å². The van der Waals surface area contributed by atoms with Crippen LogP contribution in [0.5, 0.6) is 5.75 Å². The Morgan fingerprint density at radius 1 is 1.26 bits per heavy atom. The summed E-state index contributed by atoms with van der Waals surface area (Å²) < 4.78 is 20.6. The Hall–Kier alpha value is -1.63. The number of rotatable bonds is 5. The SMILES string of the molecule is CCC(=O)Nc1cccc(I)c1COc1cc(C)c(C)cc1F. The Bertz CT molecular complexity index is 731. The van der Waals surface area contributed by atoms with Crippen LogP contribution in [0.4, 0.5) is 10.1 Å². The largest absolute Gasteiger partial charge is 0.486 e. The van der Waals surface area contributed by atoms with Gasteiger partial charge in [-0.3, -0.25) is 4.79 Å². The molecule has 0 saturated carbocycles. The van der Waals surface area contributed by atoms with Crippen LogP contribution in [-0.4, -0.2) is 5.91 Å². The molecule has 3 nitrogen and oxygen atoms in total. The molecule has 0 bridgehead atoms. The summed E-state index contributed by atoms with van der Waals surface area (Å²) in [5, 5.41) is 2.85. The molecule has 0 aliphatic heterocycles. The lowest BCUT2D eigenvalue weighted by molar-refractivity contribution is -0.115. The maximum atomic E-state index is 14.0. The topological polar surface area (TPSA) is 38.3 Å². The number of anilines is 1. The summed E-state index contributed by atoms with van der Waals surface area (Å²) in [6.07, 6.45) is 0.400. The van der Waals surface area contributed by atoms with Crippen molar-refractivity contribution in [3.8, 4) is 5.75 Å². The maximum Gasteiger partial charge on any atom is 0.224 e. The van der Waals surface area contributed by atoms with Crippen LogP contribution in [0.15, 0.2) is 30.3 Å². The van der Waals surface area contributed by atoms with Gasteiger partial charge in [0.1, 0.15) is 6.61 Å². The standard InChI is InChI=1S/C18H19FINO2/c1-4-18(22)21-16-7-5-6-15(20)13(16)10-23-17-9-12(3)11(2)8-14(17)19/h5-9H,4,10H2,1-3H3,(H,21,22). The van der Waals surface area contributed by atoms with Crippen LogP contribution in [0.2, 0.25) is 0 Å². The molecule has 0 unspecified atom stereocenters. The van der Waals surface area contributed by atoms with Gasteiger partial charge in [0.25, 0.3) is 0 Å². The van der Waals surface area contributed by atoms with Crippen LogP contribution in [0.3, 0.4) is 0 Å². The number of hydrogen-bond donors (Lipinski definition) is 1. The van der Waals surface area contributed by atoms with E-state index >= 15 is 0 Å². The van der Waals surface area contributed by atoms with E-state index < -0.39 is 0 Å². The van der Waals surface area contributed by atoms with Crippen molar-refractivity contribution in [2.24, 2.45) is 0 Å². The average Bonchev–Trinajstić information content (AvgIpc) is 2.51. The van der Waals surface area contributed by atoms with Crippen molar-refractivity contribution in [2.75, 3.05) is 5.32 Å². The Kier molecular flexibility index (Phi) is 5.98. The molecule has 0 saturated heterocycles. The maximum absolute atomic E-state index is 14.0. The van der Waals surface area contributed by atoms with E-state index in [1.807, 2.05) is 32.0 Å². The van der Waals surface area contributed by atoms with Gasteiger partial charge in [0.05, 0.1) is 0 Å². The van der Waals surface area contributed by atoms with Gasteiger partial charge < -0.3 is 10.1 Å². The lowest BCUT2D eigenvalue weighted by Gasteiger charge is -2.15.